The van der Waals surface area contributed by atoms with Crippen molar-refractivity contribution in [1.82, 2.24) is 15.1 Å². The maximum Gasteiger partial charge on any atom is 0.131 e. The lowest BCUT2D eigenvalue weighted by Crippen LogP contribution is -2.19. The van der Waals surface area contributed by atoms with E-state index in [1.54, 1.807) is 11.3 Å². The van der Waals surface area contributed by atoms with Crippen molar-refractivity contribution in [2.75, 3.05) is 13.1 Å². The van der Waals surface area contributed by atoms with Crippen molar-refractivity contribution in [1.29, 1.82) is 0 Å². The van der Waals surface area contributed by atoms with Gasteiger partial charge in [-0.05, 0) is 43.5 Å². The molecule has 1 saturated heterocycles. The van der Waals surface area contributed by atoms with Gasteiger partial charge in [0, 0.05) is 11.6 Å². The Morgan fingerprint density at radius 3 is 3.05 bits per heavy atom. The lowest BCUT2D eigenvalue weighted by molar-refractivity contribution is 0.325. The lowest BCUT2D eigenvalue weighted by Gasteiger charge is -2.14. The zero-order valence-electron chi connectivity index (χ0n) is 10.8. The van der Waals surface area contributed by atoms with E-state index in [9.17, 15) is 0 Å². The van der Waals surface area contributed by atoms with E-state index in [0.29, 0.717) is 5.92 Å². The molecule has 1 aromatic carbocycles. The highest BCUT2D eigenvalue weighted by atomic mass is 35.5. The molecule has 19 heavy (non-hydrogen) atoms. The molecule has 1 aliphatic rings. The van der Waals surface area contributed by atoms with Gasteiger partial charge < -0.3 is 0 Å². The van der Waals surface area contributed by atoms with E-state index in [0.717, 1.165) is 34.7 Å². The van der Waals surface area contributed by atoms with Crippen molar-refractivity contribution < 1.29 is 0 Å². The van der Waals surface area contributed by atoms with Gasteiger partial charge in [0.25, 0.3) is 0 Å². The second kappa shape index (κ2) is 5.57. The molecule has 1 aromatic heterocycles. The van der Waals surface area contributed by atoms with Crippen molar-refractivity contribution in [2.24, 2.45) is 0 Å². The number of likely N-dealkylation sites (tertiary alicyclic amines) is 1. The predicted molar refractivity (Wildman–Crippen MR) is 78.7 cm³/mol. The second-order valence-electron chi connectivity index (χ2n) is 4.99. The van der Waals surface area contributed by atoms with Gasteiger partial charge in [0.05, 0.1) is 6.54 Å². The molecule has 1 unspecified atom stereocenters. The first-order valence-corrected chi connectivity index (χ1v) is 7.67. The molecule has 0 amide bonds. The average Bonchev–Trinajstić information content (AvgIpc) is 2.99. The van der Waals surface area contributed by atoms with E-state index >= 15 is 0 Å². The summed E-state index contributed by atoms with van der Waals surface area (Å²) >= 11 is 7.75. The van der Waals surface area contributed by atoms with Gasteiger partial charge in [0.2, 0.25) is 0 Å². The predicted octanol–water partition coefficient (Wildman–Crippen LogP) is 3.49. The van der Waals surface area contributed by atoms with E-state index in [1.165, 1.54) is 12.0 Å². The van der Waals surface area contributed by atoms with Gasteiger partial charge in [0.15, 0.2) is 0 Å². The summed E-state index contributed by atoms with van der Waals surface area (Å²) in [5.74, 6) is 0.590. The Bertz CT molecular complexity index is 569. The molecule has 0 spiro atoms. The zero-order valence-corrected chi connectivity index (χ0v) is 12.4. The van der Waals surface area contributed by atoms with Crippen molar-refractivity contribution in [3.63, 3.8) is 0 Å². The van der Waals surface area contributed by atoms with Crippen LogP contribution in [0.3, 0.4) is 0 Å². The maximum absolute atomic E-state index is 6.06. The molecule has 3 rings (SSSR count). The van der Waals surface area contributed by atoms with Gasteiger partial charge in [-0.25, -0.2) is 0 Å². The minimum absolute atomic E-state index is 0.590. The third-order valence-electron chi connectivity index (χ3n) is 3.52. The average molecular weight is 294 g/mol. The van der Waals surface area contributed by atoms with Crippen LogP contribution >= 0.6 is 22.9 Å². The van der Waals surface area contributed by atoms with Crippen LogP contribution in [-0.2, 0) is 6.54 Å². The SMILES string of the molecule is Cc1nnc(CN2CCC(c3cccc(Cl)c3)C2)s1. The van der Waals surface area contributed by atoms with Gasteiger partial charge >= 0.3 is 0 Å². The fourth-order valence-electron chi connectivity index (χ4n) is 2.60. The first kappa shape index (κ1) is 13.0. The summed E-state index contributed by atoms with van der Waals surface area (Å²) < 4.78 is 0. The summed E-state index contributed by atoms with van der Waals surface area (Å²) in [5.41, 5.74) is 1.35. The highest BCUT2D eigenvalue weighted by Gasteiger charge is 2.24. The van der Waals surface area contributed by atoms with Gasteiger partial charge in [0.1, 0.15) is 10.0 Å². The second-order valence-corrected chi connectivity index (χ2v) is 6.69. The van der Waals surface area contributed by atoms with E-state index in [1.807, 2.05) is 19.1 Å². The van der Waals surface area contributed by atoms with Crippen LogP contribution in [-0.4, -0.2) is 28.2 Å². The quantitative estimate of drug-likeness (QED) is 0.867. The number of hydrogen-bond donors (Lipinski definition) is 0. The summed E-state index contributed by atoms with van der Waals surface area (Å²) in [7, 11) is 0. The number of benzene rings is 1. The number of aryl methyl sites for hydroxylation is 1. The molecule has 100 valence electrons. The van der Waals surface area contributed by atoms with Crippen molar-refractivity contribution in [3.05, 3.63) is 44.9 Å². The minimum Gasteiger partial charge on any atom is -0.296 e. The fourth-order valence-corrected chi connectivity index (χ4v) is 3.55. The molecule has 1 fully saturated rings. The van der Waals surface area contributed by atoms with Crippen LogP contribution < -0.4 is 0 Å². The fraction of sp³-hybridized carbons (Fsp3) is 0.429. The van der Waals surface area contributed by atoms with Gasteiger partial charge in [-0.15, -0.1) is 21.5 Å². The van der Waals surface area contributed by atoms with E-state index in [-0.39, 0.29) is 0 Å². The molecular formula is C14H16ClN3S. The highest BCUT2D eigenvalue weighted by molar-refractivity contribution is 7.11. The third kappa shape index (κ3) is 3.14. The monoisotopic (exact) mass is 293 g/mol. The maximum atomic E-state index is 6.06. The van der Waals surface area contributed by atoms with Crippen LogP contribution in [0.25, 0.3) is 0 Å². The van der Waals surface area contributed by atoms with Crippen LogP contribution in [0.2, 0.25) is 5.02 Å². The molecule has 0 bridgehead atoms. The number of hydrogen-bond acceptors (Lipinski definition) is 4. The molecule has 0 aliphatic carbocycles. The Kier molecular flexibility index (Phi) is 3.82. The summed E-state index contributed by atoms with van der Waals surface area (Å²) in [6.07, 6.45) is 1.19. The molecule has 1 aliphatic heterocycles. The number of aromatic nitrogens is 2. The number of halogens is 1. The number of rotatable bonds is 3. The Hall–Kier alpha value is -0.970. The van der Waals surface area contributed by atoms with Crippen LogP contribution in [0.1, 0.15) is 27.9 Å². The summed E-state index contributed by atoms with van der Waals surface area (Å²) in [6, 6.07) is 8.23. The highest BCUT2D eigenvalue weighted by Crippen LogP contribution is 2.29. The smallest absolute Gasteiger partial charge is 0.131 e. The number of nitrogens with zero attached hydrogens (tertiary/aromatic N) is 3. The molecule has 5 heteroatoms. The van der Waals surface area contributed by atoms with Crippen LogP contribution in [0, 0.1) is 6.92 Å². The molecule has 0 saturated carbocycles. The largest absolute Gasteiger partial charge is 0.296 e. The summed E-state index contributed by atoms with van der Waals surface area (Å²) in [5, 5.41) is 11.3. The summed E-state index contributed by atoms with van der Waals surface area (Å²) in [4.78, 5) is 2.45. The Morgan fingerprint density at radius 2 is 2.32 bits per heavy atom. The van der Waals surface area contributed by atoms with E-state index < -0.39 is 0 Å². The lowest BCUT2D eigenvalue weighted by atomic mass is 9.99. The first-order chi connectivity index (χ1) is 9.20. The first-order valence-electron chi connectivity index (χ1n) is 6.47. The van der Waals surface area contributed by atoms with Gasteiger partial charge in [-0.2, -0.15) is 0 Å². The summed E-state index contributed by atoms with van der Waals surface area (Å²) in [6.45, 7) is 5.12. The molecular weight excluding hydrogens is 278 g/mol. The van der Waals surface area contributed by atoms with Gasteiger partial charge in [-0.1, -0.05) is 23.7 Å². The van der Waals surface area contributed by atoms with E-state index in [4.69, 9.17) is 11.6 Å². The standard InChI is InChI=1S/C14H16ClN3S/c1-10-16-17-14(19-10)9-18-6-5-12(8-18)11-3-2-4-13(15)7-11/h2-4,7,12H,5-6,8-9H2,1H3. The van der Waals surface area contributed by atoms with Crippen LogP contribution in [0.4, 0.5) is 0 Å². The van der Waals surface area contributed by atoms with Crippen LogP contribution in [0.5, 0.6) is 0 Å². The molecule has 0 N–H and O–H groups in total. The molecule has 0 radical (unpaired) electrons. The molecule has 2 heterocycles. The Labute approximate surface area is 122 Å². The third-order valence-corrected chi connectivity index (χ3v) is 4.58. The molecule has 3 nitrogen and oxygen atoms in total. The van der Waals surface area contributed by atoms with Crippen molar-refractivity contribution >= 4 is 22.9 Å². The Morgan fingerprint density at radius 1 is 1.42 bits per heavy atom. The molecule has 1 atom stereocenters. The Balaban J connectivity index is 1.64. The normalized spacial score (nSPS) is 20.0. The van der Waals surface area contributed by atoms with Crippen molar-refractivity contribution in [2.45, 2.75) is 25.8 Å². The molecule has 2 aromatic rings. The van der Waals surface area contributed by atoms with Crippen LogP contribution in [0.15, 0.2) is 24.3 Å². The van der Waals surface area contributed by atoms with Crippen molar-refractivity contribution in [3.8, 4) is 0 Å². The van der Waals surface area contributed by atoms with Gasteiger partial charge in [-0.3, -0.25) is 4.90 Å². The van der Waals surface area contributed by atoms with E-state index in [2.05, 4.69) is 27.2 Å². The zero-order chi connectivity index (χ0) is 13.2. The topological polar surface area (TPSA) is 29.0 Å². The minimum atomic E-state index is 0.590.